The van der Waals surface area contributed by atoms with Gasteiger partial charge in [0.1, 0.15) is 12.3 Å². The molecule has 0 radical (unpaired) electrons. The average molecular weight is 378 g/mol. The van der Waals surface area contributed by atoms with E-state index in [9.17, 15) is 9.90 Å². The molecule has 0 saturated heterocycles. The van der Waals surface area contributed by atoms with Crippen LogP contribution >= 0.6 is 0 Å². The molecule has 2 N–H and O–H groups in total. The lowest BCUT2D eigenvalue weighted by Gasteiger charge is -2.48. The summed E-state index contributed by atoms with van der Waals surface area (Å²) in [5, 5.41) is 15.2. The molecule has 0 aromatic heterocycles. The Labute approximate surface area is 165 Å². The second-order valence-corrected chi connectivity index (χ2v) is 8.22. The predicted molar refractivity (Wildman–Crippen MR) is 107 cm³/mol. The van der Waals surface area contributed by atoms with Crippen LogP contribution in [0.1, 0.15) is 43.2 Å². The van der Waals surface area contributed by atoms with Crippen LogP contribution in [0.2, 0.25) is 0 Å². The predicted octanol–water partition coefficient (Wildman–Crippen LogP) is 3.91. The lowest BCUT2D eigenvalue weighted by molar-refractivity contribution is -0.0667. The highest BCUT2D eigenvalue weighted by Crippen LogP contribution is 2.51. The Balaban J connectivity index is 1.47. The van der Waals surface area contributed by atoms with Crippen molar-refractivity contribution in [3.63, 3.8) is 0 Å². The molecule has 146 valence electrons. The van der Waals surface area contributed by atoms with Crippen LogP contribution in [0.5, 0.6) is 0 Å². The van der Waals surface area contributed by atoms with Gasteiger partial charge < -0.3 is 9.84 Å². The van der Waals surface area contributed by atoms with Crippen molar-refractivity contribution in [2.24, 2.45) is 5.92 Å². The summed E-state index contributed by atoms with van der Waals surface area (Å²) in [7, 11) is 0. The fourth-order valence-electron chi connectivity index (χ4n) is 4.87. The van der Waals surface area contributed by atoms with Gasteiger partial charge in [0.2, 0.25) is 0 Å². The second kappa shape index (κ2) is 6.90. The first-order valence-corrected chi connectivity index (χ1v) is 10.3. The van der Waals surface area contributed by atoms with Gasteiger partial charge >= 0.3 is 6.09 Å². The summed E-state index contributed by atoms with van der Waals surface area (Å²) in [5.74, 6) is -0.0210. The summed E-state index contributed by atoms with van der Waals surface area (Å²) in [6.07, 6.45) is 4.66. The van der Waals surface area contributed by atoms with E-state index < -0.39 is 5.72 Å². The van der Waals surface area contributed by atoms with Crippen LogP contribution < -0.4 is 10.2 Å². The molecule has 1 aliphatic heterocycles. The van der Waals surface area contributed by atoms with Gasteiger partial charge in [0.15, 0.2) is 0 Å². The molecule has 2 fully saturated rings. The molecule has 5 rings (SSSR count). The maximum atomic E-state index is 13.1. The third kappa shape index (κ3) is 2.99. The lowest BCUT2D eigenvalue weighted by Crippen LogP contribution is -2.60. The van der Waals surface area contributed by atoms with Gasteiger partial charge in [-0.3, -0.25) is 10.2 Å². The van der Waals surface area contributed by atoms with Gasteiger partial charge in [0.05, 0.1) is 5.69 Å². The minimum atomic E-state index is -1.07. The Morgan fingerprint density at radius 2 is 1.82 bits per heavy atom. The number of para-hydroxylation sites is 1. The molecule has 2 aliphatic carbocycles. The lowest BCUT2D eigenvalue weighted by atomic mass is 9.79. The van der Waals surface area contributed by atoms with E-state index in [0.717, 1.165) is 48.9 Å². The number of aliphatic hydroxyl groups is 1. The summed E-state index contributed by atoms with van der Waals surface area (Å²) < 4.78 is 5.68. The highest BCUT2D eigenvalue weighted by Gasteiger charge is 2.55. The van der Waals surface area contributed by atoms with Crippen molar-refractivity contribution in [2.45, 2.75) is 56.5 Å². The maximum Gasteiger partial charge on any atom is 0.414 e. The number of hydrogen-bond donors (Lipinski definition) is 2. The van der Waals surface area contributed by atoms with E-state index in [4.69, 9.17) is 4.74 Å². The Morgan fingerprint density at radius 1 is 1.07 bits per heavy atom. The van der Waals surface area contributed by atoms with Crippen molar-refractivity contribution >= 4 is 11.8 Å². The van der Waals surface area contributed by atoms with E-state index in [1.54, 1.807) is 4.90 Å². The largest absolute Gasteiger partial charge is 0.444 e. The molecular weight excluding hydrogens is 352 g/mol. The van der Waals surface area contributed by atoms with Crippen LogP contribution in [0, 0.1) is 5.92 Å². The molecule has 3 aliphatic rings. The number of fused-ring (bicyclic) bond motifs is 2. The van der Waals surface area contributed by atoms with Crippen molar-refractivity contribution in [2.75, 3.05) is 4.90 Å². The first-order valence-electron chi connectivity index (χ1n) is 10.3. The summed E-state index contributed by atoms with van der Waals surface area (Å²) in [4.78, 5) is 14.9. The Morgan fingerprint density at radius 3 is 2.61 bits per heavy atom. The molecule has 3 unspecified atom stereocenters. The molecule has 0 bridgehead atoms. The topological polar surface area (TPSA) is 61.8 Å². The standard InChI is InChI=1S/C23H26N2O3/c26-22(28-15-16-7-2-1-3-8-16)25-20-11-5-4-9-18(20)23(27,24-17-13-14-17)19-10-6-12-21(19)25/h1-5,7-9,11,17,19,21,24,27H,6,10,12-15H2. The van der Waals surface area contributed by atoms with Crippen molar-refractivity contribution in [1.82, 2.24) is 5.32 Å². The number of hydrogen-bond acceptors (Lipinski definition) is 4. The zero-order chi connectivity index (χ0) is 19.1. The summed E-state index contributed by atoms with van der Waals surface area (Å²) >= 11 is 0. The number of amides is 1. The van der Waals surface area contributed by atoms with Crippen LogP contribution in [-0.4, -0.2) is 23.3 Å². The number of nitrogens with zero attached hydrogens (tertiary/aromatic N) is 1. The number of benzene rings is 2. The molecule has 5 nitrogen and oxygen atoms in total. The fourth-order valence-corrected chi connectivity index (χ4v) is 4.87. The van der Waals surface area contributed by atoms with Crippen LogP contribution in [-0.2, 0) is 17.1 Å². The number of nitrogens with one attached hydrogen (secondary N) is 1. The zero-order valence-electron chi connectivity index (χ0n) is 15.9. The smallest absolute Gasteiger partial charge is 0.414 e. The van der Waals surface area contributed by atoms with Crippen molar-refractivity contribution in [3.8, 4) is 0 Å². The minimum absolute atomic E-state index is 0.0210. The van der Waals surface area contributed by atoms with E-state index >= 15 is 0 Å². The van der Waals surface area contributed by atoms with E-state index in [0.29, 0.717) is 6.04 Å². The minimum Gasteiger partial charge on any atom is -0.444 e. The van der Waals surface area contributed by atoms with E-state index in [1.165, 1.54) is 0 Å². The molecule has 1 amide bonds. The molecule has 2 aromatic rings. The van der Waals surface area contributed by atoms with E-state index in [2.05, 4.69) is 5.32 Å². The Kier molecular flexibility index (Phi) is 4.37. The monoisotopic (exact) mass is 378 g/mol. The molecule has 2 saturated carbocycles. The number of carbonyl (C=O) groups excluding carboxylic acids is 1. The van der Waals surface area contributed by atoms with Crippen molar-refractivity contribution in [1.29, 1.82) is 0 Å². The molecule has 1 heterocycles. The Hall–Kier alpha value is -2.37. The average Bonchev–Trinajstić information content (AvgIpc) is 3.39. The first kappa shape index (κ1) is 17.7. The molecule has 2 aromatic carbocycles. The van der Waals surface area contributed by atoms with Crippen LogP contribution in [0.15, 0.2) is 54.6 Å². The van der Waals surface area contributed by atoms with Crippen LogP contribution in [0.25, 0.3) is 0 Å². The number of carbonyl (C=O) groups is 1. The van der Waals surface area contributed by atoms with Crippen molar-refractivity contribution in [3.05, 3.63) is 65.7 Å². The Bertz CT molecular complexity index is 867. The fraction of sp³-hybridized carbons (Fsp3) is 0.435. The van der Waals surface area contributed by atoms with Gasteiger partial charge in [-0.05, 0) is 37.3 Å². The van der Waals surface area contributed by atoms with E-state index in [1.807, 2.05) is 54.6 Å². The van der Waals surface area contributed by atoms with Gasteiger partial charge in [-0.15, -0.1) is 0 Å². The quantitative estimate of drug-likeness (QED) is 0.792. The summed E-state index contributed by atoms with van der Waals surface area (Å²) in [5.41, 5.74) is 1.45. The molecule has 28 heavy (non-hydrogen) atoms. The van der Waals surface area contributed by atoms with Crippen molar-refractivity contribution < 1.29 is 14.6 Å². The second-order valence-electron chi connectivity index (χ2n) is 8.22. The highest BCUT2D eigenvalue weighted by molar-refractivity contribution is 5.90. The number of anilines is 1. The molecular formula is C23H26N2O3. The third-order valence-electron chi connectivity index (χ3n) is 6.33. The number of ether oxygens (including phenoxy) is 1. The highest BCUT2D eigenvalue weighted by atomic mass is 16.6. The third-order valence-corrected chi connectivity index (χ3v) is 6.33. The molecule has 5 heteroatoms. The van der Waals surface area contributed by atoms with Crippen LogP contribution in [0.3, 0.4) is 0 Å². The maximum absolute atomic E-state index is 13.1. The zero-order valence-corrected chi connectivity index (χ0v) is 15.9. The molecule has 0 spiro atoms. The van der Waals surface area contributed by atoms with Gasteiger partial charge in [-0.1, -0.05) is 55.0 Å². The van der Waals surface area contributed by atoms with E-state index in [-0.39, 0.29) is 24.7 Å². The summed E-state index contributed by atoms with van der Waals surface area (Å²) in [6.45, 7) is 0.250. The number of rotatable bonds is 4. The first-order chi connectivity index (χ1) is 13.7. The van der Waals surface area contributed by atoms with Gasteiger partial charge in [0.25, 0.3) is 0 Å². The van der Waals surface area contributed by atoms with Gasteiger partial charge in [-0.25, -0.2) is 4.79 Å². The molecule has 3 atom stereocenters. The van der Waals surface area contributed by atoms with Gasteiger partial charge in [-0.2, -0.15) is 0 Å². The normalized spacial score (nSPS) is 28.5. The SMILES string of the molecule is O=C(OCc1ccccc1)N1c2ccccc2C(O)(NC2CC2)C2CCCC21. The van der Waals surface area contributed by atoms with Gasteiger partial charge in [0, 0.05) is 23.6 Å². The summed E-state index contributed by atoms with van der Waals surface area (Å²) in [6, 6.07) is 17.8. The van der Waals surface area contributed by atoms with Crippen LogP contribution in [0.4, 0.5) is 10.5 Å².